The van der Waals surface area contributed by atoms with Gasteiger partial charge in [-0.05, 0) is 51.3 Å². The molecule has 0 saturated carbocycles. The van der Waals surface area contributed by atoms with Crippen molar-refractivity contribution in [3.63, 3.8) is 0 Å². The van der Waals surface area contributed by atoms with E-state index in [4.69, 9.17) is 9.97 Å². The van der Waals surface area contributed by atoms with Crippen LogP contribution in [0.15, 0.2) is 54.9 Å². The molecule has 4 aromatic rings. The highest BCUT2D eigenvalue weighted by atomic mass is 32.1. The molecule has 0 unspecified atom stereocenters. The fourth-order valence-electron chi connectivity index (χ4n) is 3.34. The van der Waals surface area contributed by atoms with Crippen LogP contribution in [0.5, 0.6) is 0 Å². The molecule has 1 aromatic carbocycles. The van der Waals surface area contributed by atoms with Crippen LogP contribution >= 0.6 is 11.3 Å². The first-order chi connectivity index (χ1) is 15.4. The summed E-state index contributed by atoms with van der Waals surface area (Å²) in [6.07, 6.45) is 5.48. The van der Waals surface area contributed by atoms with E-state index in [0.717, 1.165) is 51.4 Å². The van der Waals surface area contributed by atoms with Gasteiger partial charge < -0.3 is 10.4 Å². The molecule has 3 heterocycles. The minimum absolute atomic E-state index is 0.634. The lowest BCUT2D eigenvalue weighted by Gasteiger charge is -2.09. The van der Waals surface area contributed by atoms with E-state index >= 15 is 0 Å². The highest BCUT2D eigenvalue weighted by molar-refractivity contribution is 7.19. The van der Waals surface area contributed by atoms with E-state index in [1.807, 2.05) is 25.1 Å². The van der Waals surface area contributed by atoms with E-state index in [2.05, 4.69) is 46.4 Å². The molecule has 0 aliphatic carbocycles. The van der Waals surface area contributed by atoms with E-state index in [9.17, 15) is 5.11 Å². The standard InChI is InChI=1S/C26H26N4OS/c1-18-21(11-14-26(2,3)31)22-23(32-18)25(28-15-7-10-19-8-5-4-6-9-19)30-24(29-22)20-12-16-27-17-13-20/h4-6,8-9,12-13,16-17,31H,7,10,15H2,1-3H3,(H,28,29,30). The zero-order chi connectivity index (χ0) is 22.6. The number of aryl methyl sites for hydroxylation is 2. The summed E-state index contributed by atoms with van der Waals surface area (Å²) in [6, 6.07) is 14.3. The molecule has 0 bridgehead atoms. The van der Waals surface area contributed by atoms with E-state index in [1.54, 1.807) is 37.6 Å². The van der Waals surface area contributed by atoms with Gasteiger partial charge in [0, 0.05) is 29.4 Å². The highest BCUT2D eigenvalue weighted by Gasteiger charge is 2.17. The number of thiophene rings is 1. The molecule has 0 radical (unpaired) electrons. The number of nitrogens with zero attached hydrogens (tertiary/aromatic N) is 3. The number of nitrogens with one attached hydrogen (secondary N) is 1. The van der Waals surface area contributed by atoms with Gasteiger partial charge in [-0.2, -0.15) is 0 Å². The molecule has 5 nitrogen and oxygen atoms in total. The van der Waals surface area contributed by atoms with Gasteiger partial charge >= 0.3 is 0 Å². The molecule has 162 valence electrons. The van der Waals surface area contributed by atoms with Gasteiger partial charge in [0.2, 0.25) is 0 Å². The molecule has 2 N–H and O–H groups in total. The van der Waals surface area contributed by atoms with Gasteiger partial charge in [-0.15, -0.1) is 11.3 Å². The van der Waals surface area contributed by atoms with Crippen LogP contribution in [0.2, 0.25) is 0 Å². The van der Waals surface area contributed by atoms with Crippen molar-refractivity contribution in [1.29, 1.82) is 0 Å². The number of hydrogen-bond acceptors (Lipinski definition) is 6. The van der Waals surface area contributed by atoms with Crippen molar-refractivity contribution in [2.24, 2.45) is 0 Å². The van der Waals surface area contributed by atoms with Gasteiger partial charge in [0.15, 0.2) is 5.82 Å². The molecule has 32 heavy (non-hydrogen) atoms. The SMILES string of the molecule is Cc1sc2c(NCCCc3ccccc3)nc(-c3ccncc3)nc2c1C#CC(C)(C)O. The molecule has 6 heteroatoms. The minimum atomic E-state index is -1.07. The normalized spacial score (nSPS) is 11.2. The zero-order valence-electron chi connectivity index (χ0n) is 18.5. The molecule has 0 amide bonds. The van der Waals surface area contributed by atoms with E-state index in [-0.39, 0.29) is 0 Å². The number of benzene rings is 1. The minimum Gasteiger partial charge on any atom is -0.378 e. The molecule has 0 saturated heterocycles. The van der Waals surface area contributed by atoms with Crippen LogP contribution in [0.25, 0.3) is 21.6 Å². The van der Waals surface area contributed by atoms with Crippen molar-refractivity contribution < 1.29 is 5.11 Å². The number of hydrogen-bond donors (Lipinski definition) is 2. The maximum absolute atomic E-state index is 10.1. The average molecular weight is 443 g/mol. The number of rotatable bonds is 6. The van der Waals surface area contributed by atoms with Crippen molar-refractivity contribution in [2.75, 3.05) is 11.9 Å². The van der Waals surface area contributed by atoms with Crippen LogP contribution in [0.4, 0.5) is 5.82 Å². The van der Waals surface area contributed by atoms with Gasteiger partial charge in [0.25, 0.3) is 0 Å². The maximum atomic E-state index is 10.1. The van der Waals surface area contributed by atoms with E-state index < -0.39 is 5.60 Å². The summed E-state index contributed by atoms with van der Waals surface area (Å²) in [5.74, 6) is 7.53. The molecule has 4 rings (SSSR count). The lowest BCUT2D eigenvalue weighted by atomic mass is 10.1. The molecule has 3 aromatic heterocycles. The molecule has 0 spiro atoms. The quantitative estimate of drug-likeness (QED) is 0.316. The average Bonchev–Trinajstić information content (AvgIpc) is 3.11. The molecular weight excluding hydrogens is 416 g/mol. The predicted octanol–water partition coefficient (Wildman–Crippen LogP) is 5.23. The second-order valence-electron chi connectivity index (χ2n) is 8.17. The Morgan fingerprint density at radius 2 is 1.81 bits per heavy atom. The zero-order valence-corrected chi connectivity index (χ0v) is 19.3. The summed E-state index contributed by atoms with van der Waals surface area (Å²) in [5.41, 5.74) is 2.82. The van der Waals surface area contributed by atoms with Crippen molar-refractivity contribution in [3.05, 3.63) is 70.9 Å². The van der Waals surface area contributed by atoms with E-state index in [1.165, 1.54) is 5.56 Å². The van der Waals surface area contributed by atoms with Crippen LogP contribution in [-0.4, -0.2) is 32.2 Å². The maximum Gasteiger partial charge on any atom is 0.162 e. The summed E-state index contributed by atoms with van der Waals surface area (Å²) in [7, 11) is 0. The highest BCUT2D eigenvalue weighted by Crippen LogP contribution is 2.35. The van der Waals surface area contributed by atoms with Crippen molar-refractivity contribution in [3.8, 4) is 23.2 Å². The second kappa shape index (κ2) is 9.47. The van der Waals surface area contributed by atoms with Gasteiger partial charge in [-0.1, -0.05) is 42.2 Å². The first kappa shape index (κ1) is 21.9. The molecular formula is C26H26N4OS. The predicted molar refractivity (Wildman–Crippen MR) is 132 cm³/mol. The Bertz CT molecular complexity index is 1270. The first-order valence-corrected chi connectivity index (χ1v) is 11.5. The fourth-order valence-corrected chi connectivity index (χ4v) is 4.36. The Labute approximate surface area is 192 Å². The number of aliphatic hydroxyl groups is 1. The van der Waals surface area contributed by atoms with Gasteiger partial charge in [0.05, 0.1) is 10.3 Å². The van der Waals surface area contributed by atoms with Crippen molar-refractivity contribution >= 4 is 27.4 Å². The molecule has 0 aliphatic heterocycles. The summed E-state index contributed by atoms with van der Waals surface area (Å²) in [4.78, 5) is 14.9. The lowest BCUT2D eigenvalue weighted by molar-refractivity contribution is 0.143. The van der Waals surface area contributed by atoms with Crippen molar-refractivity contribution in [2.45, 2.75) is 39.2 Å². The molecule has 0 fully saturated rings. The Balaban J connectivity index is 1.69. The third-order valence-corrected chi connectivity index (χ3v) is 6.02. The third kappa shape index (κ3) is 5.31. The largest absolute Gasteiger partial charge is 0.378 e. The van der Waals surface area contributed by atoms with Gasteiger partial charge in [0.1, 0.15) is 16.9 Å². The van der Waals surface area contributed by atoms with Crippen LogP contribution < -0.4 is 5.32 Å². The second-order valence-corrected chi connectivity index (χ2v) is 9.39. The van der Waals surface area contributed by atoms with Crippen LogP contribution in [0, 0.1) is 18.8 Å². The Kier molecular flexibility index (Phi) is 6.50. The van der Waals surface area contributed by atoms with Gasteiger partial charge in [-0.3, -0.25) is 4.98 Å². The summed E-state index contributed by atoms with van der Waals surface area (Å²) in [5, 5.41) is 13.6. The number of fused-ring (bicyclic) bond motifs is 1. The number of pyridine rings is 1. The third-order valence-electron chi connectivity index (χ3n) is 4.92. The summed E-state index contributed by atoms with van der Waals surface area (Å²) in [6.45, 7) is 6.20. The van der Waals surface area contributed by atoms with Crippen LogP contribution in [0.1, 0.15) is 36.3 Å². The lowest BCUT2D eigenvalue weighted by Crippen LogP contribution is -2.14. The fraction of sp³-hybridized carbons (Fsp3) is 0.269. The van der Waals surface area contributed by atoms with E-state index in [0.29, 0.717) is 5.82 Å². The Morgan fingerprint density at radius 1 is 1.06 bits per heavy atom. The Hall–Kier alpha value is -3.27. The summed E-state index contributed by atoms with van der Waals surface area (Å²) >= 11 is 1.63. The molecule has 0 aliphatic rings. The van der Waals surface area contributed by atoms with Crippen molar-refractivity contribution in [1.82, 2.24) is 15.0 Å². The molecule has 0 atom stereocenters. The van der Waals surface area contributed by atoms with Crippen LogP contribution in [-0.2, 0) is 6.42 Å². The smallest absolute Gasteiger partial charge is 0.162 e. The summed E-state index contributed by atoms with van der Waals surface area (Å²) < 4.78 is 0.986. The van der Waals surface area contributed by atoms with Gasteiger partial charge in [-0.25, -0.2) is 9.97 Å². The number of anilines is 1. The topological polar surface area (TPSA) is 70.9 Å². The first-order valence-electron chi connectivity index (χ1n) is 10.7. The van der Waals surface area contributed by atoms with Crippen LogP contribution in [0.3, 0.4) is 0 Å². The Morgan fingerprint density at radius 3 is 2.53 bits per heavy atom. The number of aromatic nitrogens is 3. The monoisotopic (exact) mass is 442 g/mol.